The van der Waals surface area contributed by atoms with Crippen molar-refractivity contribution in [1.29, 1.82) is 0 Å². The number of para-hydroxylation sites is 2. The van der Waals surface area contributed by atoms with Gasteiger partial charge in [0.15, 0.2) is 0 Å². The third kappa shape index (κ3) is 3.40. The lowest BCUT2D eigenvalue weighted by molar-refractivity contribution is 0.0697. The smallest absolute Gasteiger partial charge is 0.335 e. The topological polar surface area (TPSA) is 64.4 Å². The van der Waals surface area contributed by atoms with Crippen LogP contribution in [0, 0.1) is 0 Å². The number of carboxylic acid groups (broad SMARTS) is 1. The van der Waals surface area contributed by atoms with E-state index in [1.165, 1.54) is 0 Å². The second-order valence-electron chi connectivity index (χ2n) is 5.55. The van der Waals surface area contributed by atoms with Crippen LogP contribution in [-0.2, 0) is 13.0 Å². The average molecular weight is 324 g/mol. The lowest BCUT2D eigenvalue weighted by Gasteiger charge is -2.10. The zero-order chi connectivity index (χ0) is 16.9. The molecule has 0 aliphatic carbocycles. The Labute approximate surface area is 140 Å². The second-order valence-corrected chi connectivity index (χ2v) is 5.55. The van der Waals surface area contributed by atoms with Crippen LogP contribution < -0.4 is 4.74 Å². The molecule has 3 aromatic rings. The molecule has 0 spiro atoms. The molecule has 5 heteroatoms. The first-order valence-corrected chi connectivity index (χ1v) is 8.09. The van der Waals surface area contributed by atoms with Crippen LogP contribution in [0.3, 0.4) is 0 Å². The molecule has 0 atom stereocenters. The number of nitrogens with zero attached hydrogens (tertiary/aromatic N) is 2. The molecule has 2 aromatic carbocycles. The zero-order valence-corrected chi connectivity index (χ0v) is 13.6. The molecule has 3 rings (SSSR count). The first kappa shape index (κ1) is 16.1. The van der Waals surface area contributed by atoms with Gasteiger partial charge in [0.25, 0.3) is 0 Å². The van der Waals surface area contributed by atoms with Crippen molar-refractivity contribution in [3.8, 4) is 5.75 Å². The SMILES string of the molecule is CCc1nc2ccccc2n1CCCOc1ccc(C(=O)O)cc1. The number of carboxylic acids is 1. The van der Waals surface area contributed by atoms with Crippen LogP contribution in [0.4, 0.5) is 0 Å². The summed E-state index contributed by atoms with van der Waals surface area (Å²) in [5.74, 6) is 0.842. The van der Waals surface area contributed by atoms with Crippen LogP contribution in [0.2, 0.25) is 0 Å². The van der Waals surface area contributed by atoms with Crippen molar-refractivity contribution in [1.82, 2.24) is 9.55 Å². The lowest BCUT2D eigenvalue weighted by atomic mass is 10.2. The predicted molar refractivity (Wildman–Crippen MR) is 92.6 cm³/mol. The number of fused-ring (bicyclic) bond motifs is 1. The van der Waals surface area contributed by atoms with Crippen LogP contribution in [0.15, 0.2) is 48.5 Å². The Balaban J connectivity index is 1.59. The minimum absolute atomic E-state index is 0.264. The van der Waals surface area contributed by atoms with E-state index in [4.69, 9.17) is 9.84 Å². The highest BCUT2D eigenvalue weighted by Gasteiger charge is 2.08. The summed E-state index contributed by atoms with van der Waals surface area (Å²) in [5.41, 5.74) is 2.44. The molecule has 0 aliphatic heterocycles. The maximum Gasteiger partial charge on any atom is 0.335 e. The average Bonchev–Trinajstić information content (AvgIpc) is 2.97. The molecule has 0 fully saturated rings. The molecular formula is C19H20N2O3. The van der Waals surface area contributed by atoms with Gasteiger partial charge in [0, 0.05) is 13.0 Å². The number of carbonyl (C=O) groups is 1. The fourth-order valence-corrected chi connectivity index (χ4v) is 2.75. The van der Waals surface area contributed by atoms with Crippen molar-refractivity contribution < 1.29 is 14.6 Å². The summed E-state index contributed by atoms with van der Waals surface area (Å²) in [6.45, 7) is 3.52. The van der Waals surface area contributed by atoms with Crippen molar-refractivity contribution >= 4 is 17.0 Å². The molecule has 0 radical (unpaired) electrons. The molecular weight excluding hydrogens is 304 g/mol. The molecule has 0 saturated carbocycles. The fraction of sp³-hybridized carbons (Fsp3) is 0.263. The Bertz CT molecular complexity index is 837. The van der Waals surface area contributed by atoms with Gasteiger partial charge in [-0.05, 0) is 42.8 Å². The Kier molecular flexibility index (Phi) is 4.79. The van der Waals surface area contributed by atoms with Crippen LogP contribution >= 0.6 is 0 Å². The van der Waals surface area contributed by atoms with Crippen LogP contribution in [0.5, 0.6) is 5.75 Å². The van der Waals surface area contributed by atoms with Gasteiger partial charge < -0.3 is 14.4 Å². The highest BCUT2D eigenvalue weighted by molar-refractivity contribution is 5.87. The monoisotopic (exact) mass is 324 g/mol. The summed E-state index contributed by atoms with van der Waals surface area (Å²) >= 11 is 0. The summed E-state index contributed by atoms with van der Waals surface area (Å²) in [6, 6.07) is 14.6. The maximum atomic E-state index is 10.8. The van der Waals surface area contributed by atoms with Gasteiger partial charge in [0.1, 0.15) is 11.6 Å². The molecule has 5 nitrogen and oxygen atoms in total. The van der Waals surface area contributed by atoms with Gasteiger partial charge >= 0.3 is 5.97 Å². The summed E-state index contributed by atoms with van der Waals surface area (Å²) in [7, 11) is 0. The Morgan fingerprint density at radius 1 is 1.17 bits per heavy atom. The Hall–Kier alpha value is -2.82. The maximum absolute atomic E-state index is 10.8. The normalized spacial score (nSPS) is 10.9. The Morgan fingerprint density at radius 2 is 1.92 bits per heavy atom. The molecule has 24 heavy (non-hydrogen) atoms. The van der Waals surface area contributed by atoms with E-state index in [-0.39, 0.29) is 5.56 Å². The molecule has 0 bridgehead atoms. The third-order valence-electron chi connectivity index (χ3n) is 3.95. The van der Waals surface area contributed by atoms with Crippen LogP contribution in [0.25, 0.3) is 11.0 Å². The van der Waals surface area contributed by atoms with Crippen molar-refractivity contribution in [3.63, 3.8) is 0 Å². The first-order chi connectivity index (χ1) is 11.7. The van der Waals surface area contributed by atoms with Crippen molar-refractivity contribution in [3.05, 3.63) is 59.9 Å². The molecule has 0 saturated heterocycles. The summed E-state index contributed by atoms with van der Waals surface area (Å²) in [6.07, 6.45) is 1.75. The number of aromatic carboxylic acids is 1. The molecule has 1 aromatic heterocycles. The Morgan fingerprint density at radius 3 is 2.62 bits per heavy atom. The van der Waals surface area contributed by atoms with Gasteiger partial charge in [-0.1, -0.05) is 19.1 Å². The van der Waals surface area contributed by atoms with Gasteiger partial charge in [-0.2, -0.15) is 0 Å². The summed E-state index contributed by atoms with van der Waals surface area (Å²) in [5, 5.41) is 8.88. The molecule has 0 aliphatic rings. The van der Waals surface area contributed by atoms with E-state index in [2.05, 4.69) is 22.5 Å². The van der Waals surface area contributed by atoms with E-state index in [0.717, 1.165) is 36.2 Å². The van der Waals surface area contributed by atoms with Crippen LogP contribution in [-0.4, -0.2) is 27.2 Å². The largest absolute Gasteiger partial charge is 0.494 e. The number of aromatic nitrogens is 2. The number of ether oxygens (including phenoxy) is 1. The second kappa shape index (κ2) is 7.17. The summed E-state index contributed by atoms with van der Waals surface area (Å²) in [4.78, 5) is 15.5. The number of imidazole rings is 1. The molecule has 0 unspecified atom stereocenters. The standard InChI is InChI=1S/C19H20N2O3/c1-2-18-20-16-6-3-4-7-17(16)21(18)12-5-13-24-15-10-8-14(9-11-15)19(22)23/h3-4,6-11H,2,5,12-13H2,1H3,(H,22,23). The predicted octanol–water partition coefficient (Wildman–Crippen LogP) is 3.77. The van der Waals surface area contributed by atoms with Gasteiger partial charge in [-0.3, -0.25) is 0 Å². The zero-order valence-electron chi connectivity index (χ0n) is 13.6. The molecule has 0 amide bonds. The highest BCUT2D eigenvalue weighted by atomic mass is 16.5. The van der Waals surface area contributed by atoms with Crippen molar-refractivity contribution in [2.24, 2.45) is 0 Å². The van der Waals surface area contributed by atoms with Crippen LogP contribution in [0.1, 0.15) is 29.5 Å². The lowest BCUT2D eigenvalue weighted by Crippen LogP contribution is -2.07. The number of aryl methyl sites for hydroxylation is 2. The van der Waals surface area contributed by atoms with E-state index < -0.39 is 5.97 Å². The van der Waals surface area contributed by atoms with Gasteiger partial charge in [0.2, 0.25) is 0 Å². The number of benzene rings is 2. The molecule has 1 N–H and O–H groups in total. The minimum Gasteiger partial charge on any atom is -0.494 e. The number of hydrogen-bond acceptors (Lipinski definition) is 3. The van der Waals surface area contributed by atoms with E-state index in [0.29, 0.717) is 12.4 Å². The summed E-state index contributed by atoms with van der Waals surface area (Å²) < 4.78 is 7.94. The van der Waals surface area contributed by atoms with E-state index in [1.54, 1.807) is 24.3 Å². The van der Waals surface area contributed by atoms with Gasteiger partial charge in [-0.25, -0.2) is 9.78 Å². The van der Waals surface area contributed by atoms with Crippen molar-refractivity contribution in [2.75, 3.05) is 6.61 Å². The van der Waals surface area contributed by atoms with Gasteiger partial charge in [-0.15, -0.1) is 0 Å². The number of rotatable bonds is 7. The fourth-order valence-electron chi connectivity index (χ4n) is 2.75. The highest BCUT2D eigenvalue weighted by Crippen LogP contribution is 2.17. The molecule has 124 valence electrons. The quantitative estimate of drug-likeness (QED) is 0.672. The minimum atomic E-state index is -0.930. The molecule has 1 heterocycles. The van der Waals surface area contributed by atoms with Crippen molar-refractivity contribution in [2.45, 2.75) is 26.3 Å². The first-order valence-electron chi connectivity index (χ1n) is 8.09. The van der Waals surface area contributed by atoms with Gasteiger partial charge in [0.05, 0.1) is 23.2 Å². The number of hydrogen-bond donors (Lipinski definition) is 1. The van der Waals surface area contributed by atoms with E-state index >= 15 is 0 Å². The van der Waals surface area contributed by atoms with E-state index in [1.807, 2.05) is 18.2 Å². The third-order valence-corrected chi connectivity index (χ3v) is 3.95. The van der Waals surface area contributed by atoms with E-state index in [9.17, 15) is 4.79 Å².